The Balaban J connectivity index is 3.33. The molecule has 0 heterocycles. The number of hydrogen-bond donors (Lipinski definition) is 0. The second kappa shape index (κ2) is 30.5. The molecule has 226 valence electrons. The number of ether oxygens (including phenoxy) is 2. The van der Waals surface area contributed by atoms with Crippen molar-refractivity contribution in [2.75, 3.05) is 13.2 Å². The normalized spacial score (nSPS) is 12.0. The minimum atomic E-state index is -0.00276. The lowest BCUT2D eigenvalue weighted by Crippen LogP contribution is -2.17. The van der Waals surface area contributed by atoms with Gasteiger partial charge in [-0.3, -0.25) is 9.59 Å². The number of carbonyl (C=O) groups is 2. The second-order valence-corrected chi connectivity index (χ2v) is 11.5. The maximum absolute atomic E-state index is 12.2. The van der Waals surface area contributed by atoms with E-state index in [1.807, 2.05) is 0 Å². The van der Waals surface area contributed by atoms with E-state index >= 15 is 0 Å². The summed E-state index contributed by atoms with van der Waals surface area (Å²) < 4.78 is 10.8. The topological polar surface area (TPSA) is 52.6 Å². The van der Waals surface area contributed by atoms with Crippen LogP contribution in [-0.4, -0.2) is 25.2 Å². The summed E-state index contributed by atoms with van der Waals surface area (Å²) in [5.41, 5.74) is 0. The van der Waals surface area contributed by atoms with Gasteiger partial charge in [0.15, 0.2) is 0 Å². The summed E-state index contributed by atoms with van der Waals surface area (Å²) in [6.07, 6.45) is 31.1. The standard InChI is InChI=1S/C34H66O4/c1-4-7-9-26-30-37-33(35)29-25-23-21-19-17-15-13-11-12-14-16-18-20-22-24-28-32(6-3)34(36)38-31-27-10-8-5-2/h32H,4-31H2,1-3H3. The molecule has 0 aliphatic rings. The van der Waals surface area contributed by atoms with E-state index in [4.69, 9.17) is 9.47 Å². The molecule has 0 aliphatic carbocycles. The number of unbranched alkanes of at least 4 members (excludes halogenated alkanes) is 20. The van der Waals surface area contributed by atoms with E-state index in [2.05, 4.69) is 20.8 Å². The average molecular weight is 539 g/mol. The summed E-state index contributed by atoms with van der Waals surface area (Å²) in [7, 11) is 0. The molecule has 0 aliphatic heterocycles. The van der Waals surface area contributed by atoms with Crippen LogP contribution in [0, 0.1) is 5.92 Å². The molecular formula is C34H66O4. The summed E-state index contributed by atoms with van der Waals surface area (Å²) >= 11 is 0. The summed E-state index contributed by atoms with van der Waals surface area (Å²) in [5, 5.41) is 0. The Hall–Kier alpha value is -1.06. The molecule has 4 nitrogen and oxygen atoms in total. The summed E-state index contributed by atoms with van der Waals surface area (Å²) in [6, 6.07) is 0. The average Bonchev–Trinajstić information content (AvgIpc) is 2.92. The van der Waals surface area contributed by atoms with E-state index in [1.54, 1.807) is 0 Å². The van der Waals surface area contributed by atoms with Gasteiger partial charge in [-0.15, -0.1) is 0 Å². The van der Waals surface area contributed by atoms with Crippen LogP contribution in [0.4, 0.5) is 0 Å². The van der Waals surface area contributed by atoms with Crippen LogP contribution in [0.1, 0.15) is 188 Å². The summed E-state index contributed by atoms with van der Waals surface area (Å²) in [6.45, 7) is 7.72. The van der Waals surface area contributed by atoms with E-state index in [1.165, 1.54) is 116 Å². The van der Waals surface area contributed by atoms with E-state index < -0.39 is 0 Å². The highest BCUT2D eigenvalue weighted by Gasteiger charge is 2.17. The van der Waals surface area contributed by atoms with Crippen molar-refractivity contribution in [2.24, 2.45) is 5.92 Å². The van der Waals surface area contributed by atoms with Gasteiger partial charge < -0.3 is 9.47 Å². The van der Waals surface area contributed by atoms with E-state index in [-0.39, 0.29) is 17.9 Å². The van der Waals surface area contributed by atoms with Gasteiger partial charge in [0.1, 0.15) is 0 Å². The summed E-state index contributed by atoms with van der Waals surface area (Å²) in [4.78, 5) is 23.9. The van der Waals surface area contributed by atoms with Crippen molar-refractivity contribution in [3.05, 3.63) is 0 Å². The van der Waals surface area contributed by atoms with E-state index in [0.29, 0.717) is 19.6 Å². The third-order valence-electron chi connectivity index (χ3n) is 7.76. The minimum absolute atomic E-state index is 0.00276. The predicted octanol–water partition coefficient (Wildman–Crippen LogP) is 10.9. The molecule has 0 bridgehead atoms. The van der Waals surface area contributed by atoms with Crippen LogP contribution in [0.25, 0.3) is 0 Å². The smallest absolute Gasteiger partial charge is 0.308 e. The Morgan fingerprint density at radius 1 is 0.474 bits per heavy atom. The first-order valence-corrected chi connectivity index (χ1v) is 17.0. The Kier molecular flexibility index (Phi) is 29.6. The van der Waals surface area contributed by atoms with Gasteiger partial charge in [0.25, 0.3) is 0 Å². The van der Waals surface area contributed by atoms with Crippen molar-refractivity contribution in [2.45, 2.75) is 188 Å². The second-order valence-electron chi connectivity index (χ2n) is 11.5. The maximum Gasteiger partial charge on any atom is 0.308 e. The fraction of sp³-hybridized carbons (Fsp3) is 0.941. The molecular weight excluding hydrogens is 472 g/mol. The highest BCUT2D eigenvalue weighted by molar-refractivity contribution is 5.72. The summed E-state index contributed by atoms with van der Waals surface area (Å²) in [5.74, 6) is 0.140. The van der Waals surface area contributed by atoms with E-state index in [9.17, 15) is 9.59 Å². The van der Waals surface area contributed by atoms with Crippen LogP contribution in [-0.2, 0) is 19.1 Å². The van der Waals surface area contributed by atoms with Crippen molar-refractivity contribution in [3.8, 4) is 0 Å². The van der Waals surface area contributed by atoms with Crippen molar-refractivity contribution in [3.63, 3.8) is 0 Å². The number of carbonyl (C=O) groups excluding carboxylic acids is 2. The Bertz CT molecular complexity index is 505. The van der Waals surface area contributed by atoms with Gasteiger partial charge >= 0.3 is 11.9 Å². The molecule has 38 heavy (non-hydrogen) atoms. The molecule has 4 heteroatoms. The largest absolute Gasteiger partial charge is 0.466 e. The Morgan fingerprint density at radius 2 is 0.868 bits per heavy atom. The first kappa shape index (κ1) is 36.9. The molecule has 1 atom stereocenters. The lowest BCUT2D eigenvalue weighted by molar-refractivity contribution is -0.149. The molecule has 0 N–H and O–H groups in total. The predicted molar refractivity (Wildman–Crippen MR) is 162 cm³/mol. The van der Waals surface area contributed by atoms with Crippen LogP contribution in [0.5, 0.6) is 0 Å². The minimum Gasteiger partial charge on any atom is -0.466 e. The van der Waals surface area contributed by atoms with Gasteiger partial charge in [0.2, 0.25) is 0 Å². The molecule has 0 fully saturated rings. The quantitative estimate of drug-likeness (QED) is 0.0674. The van der Waals surface area contributed by atoms with Crippen LogP contribution in [0.2, 0.25) is 0 Å². The van der Waals surface area contributed by atoms with Gasteiger partial charge in [-0.1, -0.05) is 149 Å². The SMILES string of the molecule is CCCCCCOC(=O)CCCCCCCCCCCCCCCCCC(CC)C(=O)OCCCCCC. The number of esters is 2. The molecule has 0 spiro atoms. The van der Waals surface area contributed by atoms with Crippen LogP contribution < -0.4 is 0 Å². The van der Waals surface area contributed by atoms with Gasteiger partial charge in [-0.25, -0.2) is 0 Å². The number of hydrogen-bond acceptors (Lipinski definition) is 4. The van der Waals surface area contributed by atoms with Crippen molar-refractivity contribution < 1.29 is 19.1 Å². The lowest BCUT2D eigenvalue weighted by Gasteiger charge is -2.14. The third kappa shape index (κ3) is 26.5. The van der Waals surface area contributed by atoms with Gasteiger partial charge in [-0.2, -0.15) is 0 Å². The zero-order valence-corrected chi connectivity index (χ0v) is 26.0. The molecule has 0 aromatic rings. The molecule has 0 aromatic carbocycles. The molecule has 0 radical (unpaired) electrons. The molecule has 0 rings (SSSR count). The third-order valence-corrected chi connectivity index (χ3v) is 7.76. The highest BCUT2D eigenvalue weighted by Crippen LogP contribution is 2.18. The fourth-order valence-electron chi connectivity index (χ4n) is 5.05. The van der Waals surface area contributed by atoms with Crippen LogP contribution >= 0.6 is 0 Å². The molecule has 0 saturated carbocycles. The first-order chi connectivity index (χ1) is 18.7. The van der Waals surface area contributed by atoms with Crippen molar-refractivity contribution in [1.29, 1.82) is 0 Å². The Labute approximate surface area is 237 Å². The van der Waals surface area contributed by atoms with E-state index in [0.717, 1.165) is 44.9 Å². The highest BCUT2D eigenvalue weighted by atomic mass is 16.5. The van der Waals surface area contributed by atoms with Crippen molar-refractivity contribution >= 4 is 11.9 Å². The lowest BCUT2D eigenvalue weighted by atomic mass is 9.97. The van der Waals surface area contributed by atoms with Gasteiger partial charge in [-0.05, 0) is 32.1 Å². The zero-order chi connectivity index (χ0) is 27.9. The first-order valence-electron chi connectivity index (χ1n) is 17.0. The molecule has 0 saturated heterocycles. The number of rotatable bonds is 30. The molecule has 0 aromatic heterocycles. The van der Waals surface area contributed by atoms with Gasteiger partial charge in [0, 0.05) is 6.42 Å². The van der Waals surface area contributed by atoms with Crippen molar-refractivity contribution in [1.82, 2.24) is 0 Å². The zero-order valence-electron chi connectivity index (χ0n) is 26.0. The Morgan fingerprint density at radius 3 is 1.32 bits per heavy atom. The molecule has 0 amide bonds. The molecule has 1 unspecified atom stereocenters. The van der Waals surface area contributed by atoms with Crippen LogP contribution in [0.15, 0.2) is 0 Å². The monoisotopic (exact) mass is 538 g/mol. The van der Waals surface area contributed by atoms with Crippen LogP contribution in [0.3, 0.4) is 0 Å². The fourth-order valence-corrected chi connectivity index (χ4v) is 5.05. The maximum atomic E-state index is 12.2. The van der Waals surface area contributed by atoms with Gasteiger partial charge in [0.05, 0.1) is 19.1 Å².